The summed E-state index contributed by atoms with van der Waals surface area (Å²) in [5.74, 6) is 0.996. The first kappa shape index (κ1) is 14.0. The lowest BCUT2D eigenvalue weighted by molar-refractivity contribution is 0.763. The van der Waals surface area contributed by atoms with Gasteiger partial charge in [-0.1, -0.05) is 30.3 Å². The zero-order valence-electron chi connectivity index (χ0n) is 12.2. The number of nitrogens with one attached hydrogen (secondary N) is 1. The summed E-state index contributed by atoms with van der Waals surface area (Å²) in [7, 11) is 4.04. The van der Waals surface area contributed by atoms with Crippen molar-refractivity contribution in [3.05, 3.63) is 42.0 Å². The molecule has 0 aliphatic rings. The van der Waals surface area contributed by atoms with Gasteiger partial charge in [0.2, 0.25) is 0 Å². The van der Waals surface area contributed by atoms with Gasteiger partial charge in [-0.3, -0.25) is 0 Å². The molecule has 0 spiro atoms. The Bertz CT molecular complexity index is 723. The van der Waals surface area contributed by atoms with E-state index in [-0.39, 0.29) is 0 Å². The maximum Gasteiger partial charge on any atom is 0.141 e. The molecule has 1 aromatic carbocycles. The lowest BCUT2D eigenvalue weighted by Gasteiger charge is -2.19. The molecule has 0 aliphatic heterocycles. The highest BCUT2D eigenvalue weighted by Crippen LogP contribution is 2.37. The highest BCUT2D eigenvalue weighted by molar-refractivity contribution is 7.17. The second-order valence-corrected chi connectivity index (χ2v) is 5.78. The Morgan fingerprint density at radius 3 is 2.76 bits per heavy atom. The van der Waals surface area contributed by atoms with Gasteiger partial charge in [-0.25, -0.2) is 9.97 Å². The van der Waals surface area contributed by atoms with E-state index in [1.54, 1.807) is 17.7 Å². The van der Waals surface area contributed by atoms with E-state index < -0.39 is 0 Å². The second kappa shape index (κ2) is 6.20. The molecule has 2 aromatic heterocycles. The van der Waals surface area contributed by atoms with Gasteiger partial charge in [0.15, 0.2) is 0 Å². The van der Waals surface area contributed by atoms with E-state index in [4.69, 9.17) is 0 Å². The van der Waals surface area contributed by atoms with Gasteiger partial charge < -0.3 is 10.2 Å². The van der Waals surface area contributed by atoms with Gasteiger partial charge in [0, 0.05) is 31.1 Å². The molecule has 3 aromatic rings. The Kier molecular flexibility index (Phi) is 4.13. The van der Waals surface area contributed by atoms with Crippen molar-refractivity contribution in [2.24, 2.45) is 0 Å². The van der Waals surface area contributed by atoms with Gasteiger partial charge in [0.05, 0.1) is 5.39 Å². The summed E-state index contributed by atoms with van der Waals surface area (Å²) in [6.45, 7) is 1.83. The van der Waals surface area contributed by atoms with Crippen LogP contribution in [0.4, 0.5) is 5.82 Å². The van der Waals surface area contributed by atoms with E-state index in [2.05, 4.69) is 56.9 Å². The quantitative estimate of drug-likeness (QED) is 0.786. The number of hydrogen-bond acceptors (Lipinski definition) is 5. The Morgan fingerprint density at radius 2 is 2.00 bits per heavy atom. The fourth-order valence-corrected chi connectivity index (χ4v) is 3.27. The number of hydrogen-bond donors (Lipinski definition) is 1. The fourth-order valence-electron chi connectivity index (χ4n) is 2.36. The van der Waals surface area contributed by atoms with E-state index in [9.17, 15) is 0 Å². The van der Waals surface area contributed by atoms with Crippen LogP contribution in [0.2, 0.25) is 0 Å². The molecule has 108 valence electrons. The van der Waals surface area contributed by atoms with Crippen molar-refractivity contribution in [3.8, 4) is 11.1 Å². The maximum atomic E-state index is 4.51. The predicted octanol–water partition coefficient (Wildman–Crippen LogP) is 3.01. The minimum Gasteiger partial charge on any atom is -0.358 e. The minimum absolute atomic E-state index is 0.909. The summed E-state index contributed by atoms with van der Waals surface area (Å²) in [6.07, 6.45) is 1.65. The first-order valence-corrected chi connectivity index (χ1v) is 7.82. The summed E-state index contributed by atoms with van der Waals surface area (Å²) in [6, 6.07) is 10.4. The fraction of sp³-hybridized carbons (Fsp3) is 0.250. The molecule has 4 nitrogen and oxygen atoms in total. The molecule has 0 amide bonds. The number of nitrogens with zero attached hydrogens (tertiary/aromatic N) is 3. The summed E-state index contributed by atoms with van der Waals surface area (Å²) >= 11 is 1.67. The summed E-state index contributed by atoms with van der Waals surface area (Å²) in [5, 5.41) is 6.49. The summed E-state index contributed by atoms with van der Waals surface area (Å²) in [4.78, 5) is 12.1. The van der Waals surface area contributed by atoms with Gasteiger partial charge in [-0.2, -0.15) is 0 Å². The summed E-state index contributed by atoms with van der Waals surface area (Å²) in [5.41, 5.74) is 2.42. The van der Waals surface area contributed by atoms with Crippen molar-refractivity contribution in [3.63, 3.8) is 0 Å². The third-order valence-corrected chi connectivity index (χ3v) is 4.38. The van der Waals surface area contributed by atoms with Crippen LogP contribution in [0.15, 0.2) is 42.0 Å². The van der Waals surface area contributed by atoms with Crippen LogP contribution >= 0.6 is 11.3 Å². The molecule has 5 heteroatoms. The number of rotatable bonds is 5. The first-order valence-electron chi connectivity index (χ1n) is 6.94. The highest BCUT2D eigenvalue weighted by atomic mass is 32.1. The zero-order chi connectivity index (χ0) is 14.7. The normalized spacial score (nSPS) is 11.0. The number of benzene rings is 1. The van der Waals surface area contributed by atoms with E-state index in [1.165, 1.54) is 11.1 Å². The van der Waals surface area contributed by atoms with Crippen molar-refractivity contribution in [1.29, 1.82) is 0 Å². The van der Waals surface area contributed by atoms with Crippen molar-refractivity contribution in [1.82, 2.24) is 15.3 Å². The molecule has 2 heterocycles. The standard InChI is InChI=1S/C16H18N4S/c1-17-8-9-20(2)15-14-13(12-6-4-3-5-7-12)10-21-16(14)19-11-18-15/h3-7,10-11,17H,8-9H2,1-2H3. The van der Waals surface area contributed by atoms with Gasteiger partial charge in [-0.15, -0.1) is 11.3 Å². The van der Waals surface area contributed by atoms with Crippen molar-refractivity contribution < 1.29 is 0 Å². The molecule has 0 unspecified atom stereocenters. The molecule has 0 fully saturated rings. The Morgan fingerprint density at radius 1 is 1.19 bits per heavy atom. The van der Waals surface area contributed by atoms with E-state index in [1.807, 2.05) is 13.1 Å². The Labute approximate surface area is 128 Å². The Balaban J connectivity index is 2.11. The van der Waals surface area contributed by atoms with Crippen LogP contribution < -0.4 is 10.2 Å². The Hall–Kier alpha value is -1.98. The highest BCUT2D eigenvalue weighted by Gasteiger charge is 2.15. The van der Waals surface area contributed by atoms with Gasteiger partial charge in [-0.05, 0) is 12.6 Å². The van der Waals surface area contributed by atoms with Crippen LogP contribution in [-0.4, -0.2) is 37.2 Å². The number of anilines is 1. The molecule has 3 rings (SSSR count). The smallest absolute Gasteiger partial charge is 0.141 e. The predicted molar refractivity (Wildman–Crippen MR) is 90.0 cm³/mol. The molecular formula is C16H18N4S. The number of likely N-dealkylation sites (N-methyl/N-ethyl adjacent to an activating group) is 2. The lowest BCUT2D eigenvalue weighted by atomic mass is 10.1. The molecular weight excluding hydrogens is 280 g/mol. The second-order valence-electron chi connectivity index (χ2n) is 4.92. The minimum atomic E-state index is 0.909. The van der Waals surface area contributed by atoms with Crippen LogP contribution in [0.1, 0.15) is 0 Å². The monoisotopic (exact) mass is 298 g/mol. The van der Waals surface area contributed by atoms with Crippen molar-refractivity contribution in [2.75, 3.05) is 32.1 Å². The topological polar surface area (TPSA) is 41.0 Å². The molecule has 1 N–H and O–H groups in total. The van der Waals surface area contributed by atoms with Crippen LogP contribution in [0.25, 0.3) is 21.3 Å². The van der Waals surface area contributed by atoms with Crippen molar-refractivity contribution in [2.45, 2.75) is 0 Å². The molecule has 0 bridgehead atoms. The van der Waals surface area contributed by atoms with E-state index in [0.717, 1.165) is 29.1 Å². The molecule has 0 saturated carbocycles. The summed E-state index contributed by atoms with van der Waals surface area (Å²) < 4.78 is 0. The molecule has 0 atom stereocenters. The van der Waals surface area contributed by atoms with Crippen LogP contribution in [0, 0.1) is 0 Å². The lowest BCUT2D eigenvalue weighted by Crippen LogP contribution is -2.27. The molecule has 0 saturated heterocycles. The number of thiophene rings is 1. The average Bonchev–Trinajstić information content (AvgIpc) is 2.97. The van der Waals surface area contributed by atoms with Gasteiger partial charge in [0.1, 0.15) is 17.0 Å². The maximum absolute atomic E-state index is 4.51. The van der Waals surface area contributed by atoms with E-state index >= 15 is 0 Å². The zero-order valence-corrected chi connectivity index (χ0v) is 13.0. The SMILES string of the molecule is CNCCN(C)c1ncnc2scc(-c3ccccc3)c12. The third-order valence-electron chi connectivity index (χ3n) is 3.49. The van der Waals surface area contributed by atoms with E-state index in [0.29, 0.717) is 0 Å². The third kappa shape index (κ3) is 2.75. The molecule has 0 radical (unpaired) electrons. The van der Waals surface area contributed by atoms with Crippen LogP contribution in [0.3, 0.4) is 0 Å². The van der Waals surface area contributed by atoms with Crippen LogP contribution in [-0.2, 0) is 0 Å². The largest absolute Gasteiger partial charge is 0.358 e. The first-order chi connectivity index (χ1) is 10.3. The molecule has 21 heavy (non-hydrogen) atoms. The average molecular weight is 298 g/mol. The van der Waals surface area contributed by atoms with Crippen LogP contribution in [0.5, 0.6) is 0 Å². The van der Waals surface area contributed by atoms with Gasteiger partial charge >= 0.3 is 0 Å². The number of fused-ring (bicyclic) bond motifs is 1. The molecule has 0 aliphatic carbocycles. The van der Waals surface area contributed by atoms with Gasteiger partial charge in [0.25, 0.3) is 0 Å². The number of aromatic nitrogens is 2. The van der Waals surface area contributed by atoms with Crippen molar-refractivity contribution >= 4 is 27.4 Å².